The summed E-state index contributed by atoms with van der Waals surface area (Å²) in [5.41, 5.74) is 3.86. The highest BCUT2D eigenvalue weighted by Gasteiger charge is 2.19. The number of nitrogens with zero attached hydrogens (tertiary/aromatic N) is 2. The highest BCUT2D eigenvalue weighted by molar-refractivity contribution is 6.06. The number of aryl methyl sites for hydroxylation is 1. The predicted octanol–water partition coefficient (Wildman–Crippen LogP) is 3.53. The molecule has 132 valence electrons. The first-order valence-corrected chi connectivity index (χ1v) is 8.12. The topological polar surface area (TPSA) is 73.2 Å². The van der Waals surface area contributed by atoms with E-state index in [1.54, 1.807) is 28.9 Å². The molecule has 6 nitrogen and oxygen atoms in total. The molecular formula is C20H19N3O3. The molecule has 0 saturated heterocycles. The summed E-state index contributed by atoms with van der Waals surface area (Å²) in [6.07, 6.45) is 0. The standard InChI is InChI=1S/C20H19N3O3/c1-13-18(14(2)23(22-13)17-7-5-4-6-8-17)19(24)21-16-11-9-15(10-12-16)20(25)26-3/h4-12H,1-3H3,(H,21,24). The fraction of sp³-hybridized carbons (Fsp3) is 0.150. The molecule has 0 saturated carbocycles. The first-order valence-electron chi connectivity index (χ1n) is 8.12. The summed E-state index contributed by atoms with van der Waals surface area (Å²) in [4.78, 5) is 24.2. The van der Waals surface area contributed by atoms with Gasteiger partial charge in [-0.2, -0.15) is 5.10 Å². The summed E-state index contributed by atoms with van der Waals surface area (Å²) >= 11 is 0. The van der Waals surface area contributed by atoms with Crippen molar-refractivity contribution in [2.24, 2.45) is 0 Å². The van der Waals surface area contributed by atoms with E-state index < -0.39 is 5.97 Å². The molecule has 0 unspecified atom stereocenters. The molecule has 1 aromatic heterocycles. The molecule has 1 amide bonds. The van der Waals surface area contributed by atoms with E-state index in [9.17, 15) is 9.59 Å². The van der Waals surface area contributed by atoms with Gasteiger partial charge in [0.05, 0.1) is 35.3 Å². The van der Waals surface area contributed by atoms with Gasteiger partial charge in [0.2, 0.25) is 0 Å². The Morgan fingerprint density at radius 2 is 1.65 bits per heavy atom. The molecule has 0 radical (unpaired) electrons. The second-order valence-electron chi connectivity index (χ2n) is 5.82. The van der Waals surface area contributed by atoms with Crippen molar-refractivity contribution in [3.8, 4) is 5.69 Å². The van der Waals surface area contributed by atoms with Gasteiger partial charge >= 0.3 is 5.97 Å². The van der Waals surface area contributed by atoms with Crippen molar-refractivity contribution in [3.05, 3.63) is 77.1 Å². The molecule has 26 heavy (non-hydrogen) atoms. The number of nitrogens with one attached hydrogen (secondary N) is 1. The first-order chi connectivity index (χ1) is 12.5. The third kappa shape index (κ3) is 3.35. The molecule has 1 N–H and O–H groups in total. The van der Waals surface area contributed by atoms with Crippen molar-refractivity contribution in [2.45, 2.75) is 13.8 Å². The average Bonchev–Trinajstić information content (AvgIpc) is 2.96. The van der Waals surface area contributed by atoms with Crippen LogP contribution in [-0.4, -0.2) is 28.8 Å². The van der Waals surface area contributed by atoms with Gasteiger partial charge in [0.25, 0.3) is 5.91 Å². The van der Waals surface area contributed by atoms with E-state index in [-0.39, 0.29) is 5.91 Å². The largest absolute Gasteiger partial charge is 0.465 e. The number of carbonyl (C=O) groups is 2. The highest BCUT2D eigenvalue weighted by Crippen LogP contribution is 2.20. The third-order valence-electron chi connectivity index (χ3n) is 4.08. The van der Waals surface area contributed by atoms with E-state index in [2.05, 4.69) is 15.2 Å². The maximum atomic E-state index is 12.7. The Labute approximate surface area is 151 Å². The number of benzene rings is 2. The number of aromatic nitrogens is 2. The Morgan fingerprint density at radius 1 is 1.00 bits per heavy atom. The number of rotatable bonds is 4. The van der Waals surface area contributed by atoms with Gasteiger partial charge in [-0.1, -0.05) is 18.2 Å². The smallest absolute Gasteiger partial charge is 0.337 e. The lowest BCUT2D eigenvalue weighted by Gasteiger charge is -2.07. The van der Waals surface area contributed by atoms with E-state index in [1.165, 1.54) is 7.11 Å². The van der Waals surface area contributed by atoms with Crippen LogP contribution in [0.2, 0.25) is 0 Å². The number of anilines is 1. The van der Waals surface area contributed by atoms with Crippen LogP contribution in [0.15, 0.2) is 54.6 Å². The number of amides is 1. The second-order valence-corrected chi connectivity index (χ2v) is 5.82. The molecule has 3 rings (SSSR count). The molecule has 0 bridgehead atoms. The van der Waals surface area contributed by atoms with Crippen LogP contribution in [-0.2, 0) is 4.74 Å². The lowest BCUT2D eigenvalue weighted by atomic mass is 10.1. The summed E-state index contributed by atoms with van der Waals surface area (Å²) in [6.45, 7) is 3.67. The summed E-state index contributed by atoms with van der Waals surface area (Å²) in [6, 6.07) is 16.2. The molecule has 0 aliphatic heterocycles. The van der Waals surface area contributed by atoms with Crippen molar-refractivity contribution in [2.75, 3.05) is 12.4 Å². The Kier molecular flexibility index (Phi) is 4.84. The Balaban J connectivity index is 1.84. The molecule has 3 aromatic rings. The lowest BCUT2D eigenvalue weighted by molar-refractivity contribution is 0.0600. The maximum absolute atomic E-state index is 12.7. The lowest BCUT2D eigenvalue weighted by Crippen LogP contribution is -2.14. The van der Waals surface area contributed by atoms with Gasteiger partial charge in [-0.15, -0.1) is 0 Å². The van der Waals surface area contributed by atoms with E-state index in [1.807, 2.05) is 44.2 Å². The van der Waals surface area contributed by atoms with Crippen LogP contribution < -0.4 is 5.32 Å². The molecule has 1 heterocycles. The maximum Gasteiger partial charge on any atom is 0.337 e. The zero-order valence-corrected chi connectivity index (χ0v) is 14.8. The van der Waals surface area contributed by atoms with Crippen molar-refractivity contribution in [1.29, 1.82) is 0 Å². The van der Waals surface area contributed by atoms with E-state index in [0.29, 0.717) is 22.5 Å². The highest BCUT2D eigenvalue weighted by atomic mass is 16.5. The quantitative estimate of drug-likeness (QED) is 0.731. The number of hydrogen-bond donors (Lipinski definition) is 1. The zero-order chi connectivity index (χ0) is 18.7. The normalized spacial score (nSPS) is 10.4. The second kappa shape index (κ2) is 7.23. The van der Waals surface area contributed by atoms with Gasteiger partial charge in [-0.3, -0.25) is 4.79 Å². The summed E-state index contributed by atoms with van der Waals surface area (Å²) < 4.78 is 6.42. The van der Waals surface area contributed by atoms with Crippen LogP contribution in [0, 0.1) is 13.8 Å². The number of hydrogen-bond acceptors (Lipinski definition) is 4. The molecule has 0 aliphatic rings. The van der Waals surface area contributed by atoms with Crippen LogP contribution >= 0.6 is 0 Å². The number of ether oxygens (including phenoxy) is 1. The zero-order valence-electron chi connectivity index (χ0n) is 14.8. The molecule has 6 heteroatoms. The van der Waals surface area contributed by atoms with Gasteiger partial charge in [0.1, 0.15) is 0 Å². The SMILES string of the molecule is COC(=O)c1ccc(NC(=O)c2c(C)nn(-c3ccccc3)c2C)cc1. The van der Waals surface area contributed by atoms with Crippen LogP contribution in [0.3, 0.4) is 0 Å². The molecule has 0 fully saturated rings. The van der Waals surface area contributed by atoms with Crippen LogP contribution in [0.5, 0.6) is 0 Å². The summed E-state index contributed by atoms with van der Waals surface area (Å²) in [5.74, 6) is -0.660. The first kappa shape index (κ1) is 17.4. The molecule has 2 aromatic carbocycles. The molecule has 0 spiro atoms. The van der Waals surface area contributed by atoms with E-state index in [0.717, 1.165) is 11.4 Å². The van der Waals surface area contributed by atoms with Crippen LogP contribution in [0.4, 0.5) is 5.69 Å². The average molecular weight is 349 g/mol. The van der Waals surface area contributed by atoms with Gasteiger partial charge < -0.3 is 10.1 Å². The Bertz CT molecular complexity index is 944. The predicted molar refractivity (Wildman–Crippen MR) is 98.8 cm³/mol. The number of esters is 1. The van der Waals surface area contributed by atoms with Crippen LogP contribution in [0.1, 0.15) is 32.1 Å². The number of para-hydroxylation sites is 1. The minimum absolute atomic E-state index is 0.243. The number of methoxy groups -OCH3 is 1. The number of carbonyl (C=O) groups excluding carboxylic acids is 2. The minimum atomic E-state index is -0.418. The van der Waals surface area contributed by atoms with Crippen molar-refractivity contribution in [3.63, 3.8) is 0 Å². The molecular weight excluding hydrogens is 330 g/mol. The van der Waals surface area contributed by atoms with Crippen molar-refractivity contribution >= 4 is 17.6 Å². The van der Waals surface area contributed by atoms with E-state index in [4.69, 9.17) is 0 Å². The van der Waals surface area contributed by atoms with Crippen molar-refractivity contribution in [1.82, 2.24) is 9.78 Å². The van der Waals surface area contributed by atoms with Gasteiger partial charge in [-0.25, -0.2) is 9.48 Å². The molecule has 0 atom stereocenters. The van der Waals surface area contributed by atoms with Crippen molar-refractivity contribution < 1.29 is 14.3 Å². The minimum Gasteiger partial charge on any atom is -0.465 e. The van der Waals surface area contributed by atoms with E-state index >= 15 is 0 Å². The van der Waals surface area contributed by atoms with Gasteiger partial charge in [-0.05, 0) is 50.2 Å². The monoisotopic (exact) mass is 349 g/mol. The van der Waals surface area contributed by atoms with Gasteiger partial charge in [0, 0.05) is 5.69 Å². The third-order valence-corrected chi connectivity index (χ3v) is 4.08. The van der Waals surface area contributed by atoms with Gasteiger partial charge in [0.15, 0.2) is 0 Å². The van der Waals surface area contributed by atoms with Crippen LogP contribution in [0.25, 0.3) is 5.69 Å². The Hall–Kier alpha value is -3.41. The summed E-state index contributed by atoms with van der Waals surface area (Å²) in [7, 11) is 1.33. The summed E-state index contributed by atoms with van der Waals surface area (Å²) in [5, 5.41) is 7.33. The Morgan fingerprint density at radius 3 is 2.27 bits per heavy atom. The fourth-order valence-electron chi connectivity index (χ4n) is 2.79. The molecule has 0 aliphatic carbocycles. The fourth-order valence-corrected chi connectivity index (χ4v) is 2.79.